The largest absolute Gasteiger partial charge is 0.439 e. The van der Waals surface area contributed by atoms with Gasteiger partial charge in [0.25, 0.3) is 0 Å². The number of halogens is 3. The lowest BCUT2D eigenvalue weighted by Crippen LogP contribution is -2.12. The average Bonchev–Trinajstić information content (AvgIpc) is 2.43. The van der Waals surface area contributed by atoms with Gasteiger partial charge >= 0.3 is 0 Å². The van der Waals surface area contributed by atoms with E-state index in [0.717, 1.165) is 12.1 Å². The lowest BCUT2D eigenvalue weighted by Gasteiger charge is -2.09. The zero-order valence-corrected chi connectivity index (χ0v) is 12.3. The van der Waals surface area contributed by atoms with E-state index in [9.17, 15) is 4.39 Å². The van der Waals surface area contributed by atoms with Crippen molar-refractivity contribution >= 4 is 23.2 Å². The molecule has 1 N–H and O–H groups in total. The summed E-state index contributed by atoms with van der Waals surface area (Å²) in [5.74, 6) is 0.307. The van der Waals surface area contributed by atoms with Crippen molar-refractivity contribution in [3.8, 4) is 11.6 Å². The third kappa shape index (κ3) is 3.82. The lowest BCUT2D eigenvalue weighted by atomic mass is 10.2. The van der Waals surface area contributed by atoms with Crippen LogP contribution in [0.2, 0.25) is 10.0 Å². The second-order valence-corrected chi connectivity index (χ2v) is 4.89. The van der Waals surface area contributed by atoms with Crippen molar-refractivity contribution < 1.29 is 9.13 Å². The molecule has 3 nitrogen and oxygen atoms in total. The van der Waals surface area contributed by atoms with Gasteiger partial charge in [-0.05, 0) is 24.2 Å². The number of hydrogen-bond acceptors (Lipinski definition) is 3. The van der Waals surface area contributed by atoms with Crippen molar-refractivity contribution in [1.29, 1.82) is 0 Å². The summed E-state index contributed by atoms with van der Waals surface area (Å²) in [4.78, 5) is 4.08. The third-order valence-electron chi connectivity index (χ3n) is 2.59. The van der Waals surface area contributed by atoms with Gasteiger partial charge in [-0.3, -0.25) is 0 Å². The maximum absolute atomic E-state index is 13.1. The SMILES string of the molecule is CCNCc1cc(Oc2ccc(F)c(Cl)c2)ncc1Cl. The first-order valence-electron chi connectivity index (χ1n) is 6.08. The average molecular weight is 315 g/mol. The van der Waals surface area contributed by atoms with Gasteiger partial charge in [0.1, 0.15) is 11.6 Å². The Morgan fingerprint density at radius 3 is 2.75 bits per heavy atom. The van der Waals surface area contributed by atoms with E-state index in [4.69, 9.17) is 27.9 Å². The Morgan fingerprint density at radius 2 is 2.05 bits per heavy atom. The van der Waals surface area contributed by atoms with Gasteiger partial charge in [-0.2, -0.15) is 0 Å². The predicted octanol–water partition coefficient (Wildman–Crippen LogP) is 4.43. The Kier molecular flexibility index (Phi) is 5.17. The Bertz CT molecular complexity index is 608. The molecule has 0 atom stereocenters. The van der Waals surface area contributed by atoms with Crippen molar-refractivity contribution in [2.75, 3.05) is 6.54 Å². The fourth-order valence-corrected chi connectivity index (χ4v) is 1.91. The molecule has 6 heteroatoms. The van der Waals surface area contributed by atoms with Gasteiger partial charge in [0.05, 0.1) is 10.0 Å². The minimum Gasteiger partial charge on any atom is -0.439 e. The fourth-order valence-electron chi connectivity index (χ4n) is 1.57. The summed E-state index contributed by atoms with van der Waals surface area (Å²) in [6, 6.07) is 5.87. The summed E-state index contributed by atoms with van der Waals surface area (Å²) in [7, 11) is 0. The molecule has 0 aliphatic carbocycles. The van der Waals surface area contributed by atoms with Crippen LogP contribution >= 0.6 is 23.2 Å². The van der Waals surface area contributed by atoms with Crippen molar-refractivity contribution in [2.45, 2.75) is 13.5 Å². The highest BCUT2D eigenvalue weighted by molar-refractivity contribution is 6.31. The van der Waals surface area contributed by atoms with E-state index >= 15 is 0 Å². The Hall–Kier alpha value is -1.36. The zero-order chi connectivity index (χ0) is 14.5. The van der Waals surface area contributed by atoms with E-state index in [1.54, 1.807) is 6.07 Å². The highest BCUT2D eigenvalue weighted by atomic mass is 35.5. The summed E-state index contributed by atoms with van der Waals surface area (Å²) in [6.07, 6.45) is 1.52. The molecule has 0 fully saturated rings. The maximum Gasteiger partial charge on any atom is 0.219 e. The molecule has 20 heavy (non-hydrogen) atoms. The molecule has 0 spiro atoms. The van der Waals surface area contributed by atoms with Crippen molar-refractivity contribution in [2.24, 2.45) is 0 Å². The Balaban J connectivity index is 2.18. The smallest absolute Gasteiger partial charge is 0.219 e. The van der Waals surface area contributed by atoms with E-state index in [1.165, 1.54) is 24.4 Å². The van der Waals surface area contributed by atoms with Crippen LogP contribution in [0.3, 0.4) is 0 Å². The molecule has 0 saturated heterocycles. The molecule has 0 saturated carbocycles. The molecule has 0 amide bonds. The normalized spacial score (nSPS) is 10.6. The topological polar surface area (TPSA) is 34.1 Å². The van der Waals surface area contributed by atoms with Crippen LogP contribution in [0.1, 0.15) is 12.5 Å². The molecule has 0 aliphatic rings. The first kappa shape index (κ1) is 15.0. The number of hydrogen-bond donors (Lipinski definition) is 1. The highest BCUT2D eigenvalue weighted by Crippen LogP contribution is 2.27. The second kappa shape index (κ2) is 6.88. The van der Waals surface area contributed by atoms with Crippen LogP contribution in [-0.2, 0) is 6.54 Å². The fraction of sp³-hybridized carbons (Fsp3) is 0.214. The summed E-state index contributed by atoms with van der Waals surface area (Å²) in [5.41, 5.74) is 0.881. The van der Waals surface area contributed by atoms with E-state index in [1.807, 2.05) is 6.92 Å². The monoisotopic (exact) mass is 314 g/mol. The number of ether oxygens (including phenoxy) is 1. The third-order valence-corrected chi connectivity index (χ3v) is 3.22. The molecule has 1 aromatic heterocycles. The van der Waals surface area contributed by atoms with E-state index in [-0.39, 0.29) is 5.02 Å². The summed E-state index contributed by atoms with van der Waals surface area (Å²) in [5, 5.41) is 3.74. The van der Waals surface area contributed by atoms with E-state index in [0.29, 0.717) is 23.2 Å². The molecule has 2 rings (SSSR count). The molecule has 2 aromatic rings. The van der Waals surface area contributed by atoms with Gasteiger partial charge in [-0.15, -0.1) is 0 Å². The van der Waals surface area contributed by atoms with Gasteiger partial charge in [0.2, 0.25) is 5.88 Å². The number of nitrogens with zero attached hydrogens (tertiary/aromatic N) is 1. The number of nitrogens with one attached hydrogen (secondary N) is 1. The van der Waals surface area contributed by atoms with Crippen LogP contribution in [-0.4, -0.2) is 11.5 Å². The highest BCUT2D eigenvalue weighted by Gasteiger charge is 2.07. The first-order chi connectivity index (χ1) is 9.60. The van der Waals surface area contributed by atoms with Gasteiger partial charge in [-0.25, -0.2) is 9.37 Å². The van der Waals surface area contributed by atoms with Gasteiger partial charge < -0.3 is 10.1 Å². The molecule has 0 radical (unpaired) electrons. The van der Waals surface area contributed by atoms with Crippen LogP contribution in [0.4, 0.5) is 4.39 Å². The predicted molar refractivity (Wildman–Crippen MR) is 78.1 cm³/mol. The number of aromatic nitrogens is 1. The molecular weight excluding hydrogens is 302 g/mol. The minimum absolute atomic E-state index is 0.00402. The molecule has 1 heterocycles. The van der Waals surface area contributed by atoms with Crippen LogP contribution in [0.15, 0.2) is 30.5 Å². The van der Waals surface area contributed by atoms with Gasteiger partial charge in [-0.1, -0.05) is 30.1 Å². The molecule has 0 aliphatic heterocycles. The van der Waals surface area contributed by atoms with Crippen LogP contribution in [0.25, 0.3) is 0 Å². The second-order valence-electron chi connectivity index (χ2n) is 4.07. The van der Waals surface area contributed by atoms with Crippen LogP contribution in [0, 0.1) is 5.82 Å². The molecule has 0 bridgehead atoms. The number of benzene rings is 1. The molecule has 1 aromatic carbocycles. The summed E-state index contributed by atoms with van der Waals surface area (Å²) >= 11 is 11.8. The minimum atomic E-state index is -0.490. The summed E-state index contributed by atoms with van der Waals surface area (Å²) in [6.45, 7) is 3.47. The van der Waals surface area contributed by atoms with Crippen LogP contribution < -0.4 is 10.1 Å². The zero-order valence-electron chi connectivity index (χ0n) is 10.8. The Morgan fingerprint density at radius 1 is 1.25 bits per heavy atom. The van der Waals surface area contributed by atoms with Gasteiger partial charge in [0.15, 0.2) is 0 Å². The van der Waals surface area contributed by atoms with Crippen LogP contribution in [0.5, 0.6) is 11.6 Å². The van der Waals surface area contributed by atoms with Crippen molar-refractivity contribution in [3.05, 3.63) is 51.9 Å². The number of pyridine rings is 1. The molecular formula is C14H13Cl2FN2O. The van der Waals surface area contributed by atoms with Crippen molar-refractivity contribution in [1.82, 2.24) is 10.3 Å². The van der Waals surface area contributed by atoms with E-state index < -0.39 is 5.82 Å². The van der Waals surface area contributed by atoms with Crippen molar-refractivity contribution in [3.63, 3.8) is 0 Å². The quantitative estimate of drug-likeness (QED) is 0.886. The maximum atomic E-state index is 13.1. The Labute approximate surface area is 126 Å². The standard InChI is InChI=1S/C14H13Cl2FN2O/c1-2-18-7-9-5-14(19-8-12(9)16)20-10-3-4-13(17)11(15)6-10/h3-6,8,18H,2,7H2,1H3. The number of rotatable bonds is 5. The lowest BCUT2D eigenvalue weighted by molar-refractivity contribution is 0.460. The molecule has 0 unspecified atom stereocenters. The van der Waals surface area contributed by atoms with E-state index in [2.05, 4.69) is 10.3 Å². The summed E-state index contributed by atoms with van der Waals surface area (Å²) < 4.78 is 18.6. The molecule has 106 valence electrons. The first-order valence-corrected chi connectivity index (χ1v) is 6.83. The van der Waals surface area contributed by atoms with Gasteiger partial charge in [0, 0.05) is 24.9 Å².